The average Bonchev–Trinajstić information content (AvgIpc) is 2.44. The zero-order valence-electron chi connectivity index (χ0n) is 12.3. The molecule has 0 aromatic carbocycles. The lowest BCUT2D eigenvalue weighted by atomic mass is 9.77. The molecule has 5 nitrogen and oxygen atoms in total. The van der Waals surface area contributed by atoms with Gasteiger partial charge in [0.05, 0.1) is 5.75 Å². The third-order valence-electron chi connectivity index (χ3n) is 4.70. The van der Waals surface area contributed by atoms with Gasteiger partial charge in [-0.15, -0.1) is 0 Å². The molecule has 0 radical (unpaired) electrons. The third-order valence-corrected chi connectivity index (χ3v) is 5.55. The minimum absolute atomic E-state index is 0.0824. The Kier molecular flexibility index (Phi) is 6.26. The first-order valence-electron chi connectivity index (χ1n) is 8.03. The van der Waals surface area contributed by atoms with Gasteiger partial charge < -0.3 is 10.6 Å². The fourth-order valence-corrected chi connectivity index (χ4v) is 4.25. The summed E-state index contributed by atoms with van der Waals surface area (Å²) in [5.74, 6) is 0.789. The number of rotatable bonds is 6. The number of hydrogen-bond donors (Lipinski definition) is 3. The standard InChI is InChI=1S/C14H29N3O2S/c15-20(18,19)11-5-10-17-13-7-2-1-6-12(13)14-8-3-4-9-16-14/h12-14,16-17H,1-11H2,(H2,15,18,19). The summed E-state index contributed by atoms with van der Waals surface area (Å²) >= 11 is 0. The molecule has 2 fully saturated rings. The number of piperidine rings is 1. The van der Waals surface area contributed by atoms with Crippen LogP contribution >= 0.6 is 0 Å². The number of hydrogen-bond acceptors (Lipinski definition) is 4. The summed E-state index contributed by atoms with van der Waals surface area (Å²) in [7, 11) is -3.31. The SMILES string of the molecule is NS(=O)(=O)CCCNC1CCCCC1C1CCCCN1. The van der Waals surface area contributed by atoms with Crippen LogP contribution in [-0.4, -0.2) is 39.3 Å². The predicted molar refractivity (Wildman–Crippen MR) is 82.0 cm³/mol. The summed E-state index contributed by atoms with van der Waals surface area (Å²) in [6.45, 7) is 1.91. The van der Waals surface area contributed by atoms with Crippen LogP contribution in [-0.2, 0) is 10.0 Å². The summed E-state index contributed by atoms with van der Waals surface area (Å²) in [4.78, 5) is 0. The number of primary sulfonamides is 1. The fourth-order valence-electron chi connectivity index (χ4n) is 3.70. The minimum Gasteiger partial charge on any atom is -0.314 e. The van der Waals surface area contributed by atoms with Crippen LogP contribution in [0.2, 0.25) is 0 Å². The Morgan fingerprint density at radius 3 is 2.55 bits per heavy atom. The summed E-state index contributed by atoms with van der Waals surface area (Å²) in [6.07, 6.45) is 9.68. The van der Waals surface area contributed by atoms with Crippen molar-refractivity contribution in [2.24, 2.45) is 11.1 Å². The van der Waals surface area contributed by atoms with Crippen LogP contribution in [0.25, 0.3) is 0 Å². The molecular weight excluding hydrogens is 274 g/mol. The Morgan fingerprint density at radius 2 is 1.85 bits per heavy atom. The van der Waals surface area contributed by atoms with Crippen LogP contribution in [0.3, 0.4) is 0 Å². The average molecular weight is 303 g/mol. The molecule has 20 heavy (non-hydrogen) atoms. The van der Waals surface area contributed by atoms with Crippen molar-refractivity contribution >= 4 is 10.0 Å². The molecular formula is C14H29N3O2S. The molecule has 1 saturated heterocycles. The lowest BCUT2D eigenvalue weighted by Gasteiger charge is -2.40. The maximum absolute atomic E-state index is 10.9. The molecule has 0 aromatic rings. The van der Waals surface area contributed by atoms with Crippen LogP contribution in [0.4, 0.5) is 0 Å². The van der Waals surface area contributed by atoms with Gasteiger partial charge >= 0.3 is 0 Å². The van der Waals surface area contributed by atoms with E-state index in [9.17, 15) is 8.42 Å². The first kappa shape index (κ1) is 16.2. The van der Waals surface area contributed by atoms with Gasteiger partial charge in [0.15, 0.2) is 0 Å². The molecule has 0 bridgehead atoms. The first-order chi connectivity index (χ1) is 9.56. The van der Waals surface area contributed by atoms with E-state index in [0.717, 1.165) is 13.1 Å². The van der Waals surface area contributed by atoms with Crippen LogP contribution in [0.15, 0.2) is 0 Å². The minimum atomic E-state index is -3.31. The van der Waals surface area contributed by atoms with E-state index >= 15 is 0 Å². The van der Waals surface area contributed by atoms with E-state index in [0.29, 0.717) is 24.4 Å². The van der Waals surface area contributed by atoms with Gasteiger partial charge in [0.2, 0.25) is 10.0 Å². The second-order valence-corrected chi connectivity index (χ2v) is 8.02. The highest BCUT2D eigenvalue weighted by atomic mass is 32.2. The molecule has 1 aliphatic heterocycles. The van der Waals surface area contributed by atoms with E-state index in [1.54, 1.807) is 0 Å². The smallest absolute Gasteiger partial charge is 0.209 e. The normalized spacial score (nSPS) is 32.1. The molecule has 6 heteroatoms. The summed E-state index contributed by atoms with van der Waals surface area (Å²) in [6, 6.07) is 1.19. The second kappa shape index (κ2) is 7.73. The zero-order chi connectivity index (χ0) is 14.4. The molecule has 0 aromatic heterocycles. The molecule has 3 unspecified atom stereocenters. The third kappa shape index (κ3) is 5.31. The Hall–Kier alpha value is -0.170. The maximum Gasteiger partial charge on any atom is 0.209 e. The highest BCUT2D eigenvalue weighted by Gasteiger charge is 2.31. The molecule has 2 aliphatic rings. The molecule has 1 aliphatic carbocycles. The van der Waals surface area contributed by atoms with Crippen molar-refractivity contribution in [2.75, 3.05) is 18.8 Å². The van der Waals surface area contributed by atoms with Crippen molar-refractivity contribution in [3.63, 3.8) is 0 Å². The first-order valence-corrected chi connectivity index (χ1v) is 9.75. The number of nitrogens with one attached hydrogen (secondary N) is 2. The van der Waals surface area contributed by atoms with Crippen molar-refractivity contribution in [1.29, 1.82) is 0 Å². The number of nitrogens with two attached hydrogens (primary N) is 1. The van der Waals surface area contributed by atoms with Gasteiger partial charge in [-0.3, -0.25) is 0 Å². The topological polar surface area (TPSA) is 84.2 Å². The molecule has 3 atom stereocenters. The van der Waals surface area contributed by atoms with Crippen LogP contribution in [0.1, 0.15) is 51.4 Å². The van der Waals surface area contributed by atoms with Crippen molar-refractivity contribution in [1.82, 2.24) is 10.6 Å². The quantitative estimate of drug-likeness (QED) is 0.638. The highest BCUT2D eigenvalue weighted by Crippen LogP contribution is 2.30. The van der Waals surface area contributed by atoms with Crippen molar-refractivity contribution in [3.8, 4) is 0 Å². The van der Waals surface area contributed by atoms with E-state index in [1.165, 1.54) is 44.9 Å². The highest BCUT2D eigenvalue weighted by molar-refractivity contribution is 7.89. The predicted octanol–water partition coefficient (Wildman–Crippen LogP) is 0.956. The fraction of sp³-hybridized carbons (Fsp3) is 1.00. The molecule has 4 N–H and O–H groups in total. The van der Waals surface area contributed by atoms with Crippen molar-refractivity contribution in [3.05, 3.63) is 0 Å². The Morgan fingerprint density at radius 1 is 1.10 bits per heavy atom. The van der Waals surface area contributed by atoms with Gasteiger partial charge in [-0.2, -0.15) is 0 Å². The Labute approximate surface area is 123 Å². The van der Waals surface area contributed by atoms with Crippen LogP contribution in [0.5, 0.6) is 0 Å². The summed E-state index contributed by atoms with van der Waals surface area (Å²) in [5.41, 5.74) is 0. The molecule has 118 valence electrons. The maximum atomic E-state index is 10.9. The van der Waals surface area contributed by atoms with E-state index in [2.05, 4.69) is 10.6 Å². The Bertz CT molecular complexity index is 380. The van der Waals surface area contributed by atoms with Gasteiger partial charge in [-0.1, -0.05) is 19.3 Å². The van der Waals surface area contributed by atoms with E-state index in [-0.39, 0.29) is 5.75 Å². The van der Waals surface area contributed by atoms with Crippen molar-refractivity contribution in [2.45, 2.75) is 63.5 Å². The monoisotopic (exact) mass is 303 g/mol. The largest absolute Gasteiger partial charge is 0.314 e. The van der Waals surface area contributed by atoms with Gasteiger partial charge in [0.25, 0.3) is 0 Å². The van der Waals surface area contributed by atoms with E-state index in [1.807, 2.05) is 0 Å². The molecule has 2 rings (SSSR count). The van der Waals surface area contributed by atoms with Gasteiger partial charge in [0, 0.05) is 12.1 Å². The van der Waals surface area contributed by atoms with Gasteiger partial charge in [0.1, 0.15) is 0 Å². The zero-order valence-corrected chi connectivity index (χ0v) is 13.1. The lowest BCUT2D eigenvalue weighted by molar-refractivity contribution is 0.182. The summed E-state index contributed by atoms with van der Waals surface area (Å²) in [5, 5.41) is 12.3. The van der Waals surface area contributed by atoms with Gasteiger partial charge in [-0.05, 0) is 51.1 Å². The molecule has 1 heterocycles. The summed E-state index contributed by atoms with van der Waals surface area (Å²) < 4.78 is 21.9. The molecule has 0 spiro atoms. The molecule has 1 saturated carbocycles. The Balaban J connectivity index is 1.77. The van der Waals surface area contributed by atoms with Crippen LogP contribution < -0.4 is 15.8 Å². The van der Waals surface area contributed by atoms with Crippen molar-refractivity contribution < 1.29 is 8.42 Å². The van der Waals surface area contributed by atoms with Gasteiger partial charge in [-0.25, -0.2) is 13.6 Å². The van der Waals surface area contributed by atoms with Crippen LogP contribution in [0, 0.1) is 5.92 Å². The second-order valence-electron chi connectivity index (χ2n) is 6.29. The van der Waals surface area contributed by atoms with E-state index in [4.69, 9.17) is 5.14 Å². The number of sulfonamides is 1. The lowest BCUT2D eigenvalue weighted by Crippen LogP contribution is -2.50. The van der Waals surface area contributed by atoms with E-state index < -0.39 is 10.0 Å². The molecule has 0 amide bonds.